The van der Waals surface area contributed by atoms with Gasteiger partial charge in [0.2, 0.25) is 0 Å². The largest absolute Gasteiger partial charge is 0.249 e. The van der Waals surface area contributed by atoms with Gasteiger partial charge >= 0.3 is 0 Å². The first-order valence-electron chi connectivity index (χ1n) is 5.68. The number of hydrogen-bond acceptors (Lipinski definition) is 2. The van der Waals surface area contributed by atoms with E-state index in [1.807, 2.05) is 4.68 Å². The quantitative estimate of drug-likeness (QED) is 0.554. The molecule has 0 amide bonds. The zero-order valence-electron chi connectivity index (χ0n) is 9.83. The second-order valence-electron chi connectivity index (χ2n) is 4.14. The SMILES string of the molecule is CCCCCn1nnc(CCl)c1C(C)C. The Labute approximate surface area is 96.8 Å². The van der Waals surface area contributed by atoms with Gasteiger partial charge in [0.25, 0.3) is 0 Å². The van der Waals surface area contributed by atoms with E-state index in [0.29, 0.717) is 11.8 Å². The summed E-state index contributed by atoms with van der Waals surface area (Å²) in [6.07, 6.45) is 3.64. The van der Waals surface area contributed by atoms with Crippen LogP contribution in [0.2, 0.25) is 0 Å². The second-order valence-corrected chi connectivity index (χ2v) is 4.41. The normalized spacial score (nSPS) is 11.3. The number of rotatable bonds is 6. The monoisotopic (exact) mass is 229 g/mol. The molecule has 3 nitrogen and oxygen atoms in total. The van der Waals surface area contributed by atoms with Crippen molar-refractivity contribution in [2.24, 2.45) is 0 Å². The van der Waals surface area contributed by atoms with Crippen LogP contribution in [-0.4, -0.2) is 15.0 Å². The summed E-state index contributed by atoms with van der Waals surface area (Å²) >= 11 is 5.83. The van der Waals surface area contributed by atoms with E-state index in [4.69, 9.17) is 11.6 Å². The predicted molar refractivity (Wildman–Crippen MR) is 63.2 cm³/mol. The molecule has 86 valence electrons. The maximum Gasteiger partial charge on any atom is 0.101 e. The van der Waals surface area contributed by atoms with Gasteiger partial charge in [-0.2, -0.15) is 0 Å². The summed E-state index contributed by atoms with van der Waals surface area (Å²) in [5.74, 6) is 0.900. The zero-order valence-corrected chi connectivity index (χ0v) is 10.6. The van der Waals surface area contributed by atoms with E-state index in [-0.39, 0.29) is 0 Å². The van der Waals surface area contributed by atoms with E-state index in [0.717, 1.165) is 12.2 Å². The molecule has 0 atom stereocenters. The lowest BCUT2D eigenvalue weighted by Crippen LogP contribution is -2.07. The maximum atomic E-state index is 5.83. The molecule has 0 spiro atoms. The van der Waals surface area contributed by atoms with E-state index in [2.05, 4.69) is 31.1 Å². The number of unbranched alkanes of at least 4 members (excludes halogenated alkanes) is 2. The van der Waals surface area contributed by atoms with Crippen LogP contribution in [0, 0.1) is 0 Å². The van der Waals surface area contributed by atoms with Crippen molar-refractivity contribution >= 4 is 11.6 Å². The van der Waals surface area contributed by atoms with E-state index < -0.39 is 0 Å². The molecule has 1 heterocycles. The van der Waals surface area contributed by atoms with Crippen LogP contribution in [0.5, 0.6) is 0 Å². The lowest BCUT2D eigenvalue weighted by atomic mass is 10.1. The van der Waals surface area contributed by atoms with Crippen molar-refractivity contribution in [1.82, 2.24) is 15.0 Å². The first kappa shape index (κ1) is 12.5. The van der Waals surface area contributed by atoms with E-state index in [1.165, 1.54) is 25.0 Å². The van der Waals surface area contributed by atoms with E-state index in [9.17, 15) is 0 Å². The minimum absolute atomic E-state index is 0.440. The Morgan fingerprint density at radius 2 is 2.07 bits per heavy atom. The van der Waals surface area contributed by atoms with E-state index in [1.54, 1.807) is 0 Å². The lowest BCUT2D eigenvalue weighted by molar-refractivity contribution is 0.510. The fourth-order valence-electron chi connectivity index (χ4n) is 1.76. The smallest absolute Gasteiger partial charge is 0.101 e. The standard InChI is InChI=1S/C11H20ClN3/c1-4-5-6-7-15-11(9(2)3)10(8-12)13-14-15/h9H,4-8H2,1-3H3. The molecule has 0 fully saturated rings. The third-order valence-corrected chi connectivity index (χ3v) is 2.75. The average Bonchev–Trinajstić information content (AvgIpc) is 2.61. The number of halogens is 1. The van der Waals surface area contributed by atoms with E-state index >= 15 is 0 Å². The Morgan fingerprint density at radius 1 is 1.33 bits per heavy atom. The summed E-state index contributed by atoms with van der Waals surface area (Å²) in [5.41, 5.74) is 2.13. The summed E-state index contributed by atoms with van der Waals surface area (Å²) < 4.78 is 2.01. The van der Waals surface area contributed by atoms with Crippen molar-refractivity contribution in [1.29, 1.82) is 0 Å². The predicted octanol–water partition coefficient (Wildman–Crippen LogP) is 3.33. The zero-order chi connectivity index (χ0) is 11.3. The molecule has 0 aliphatic heterocycles. The van der Waals surface area contributed by atoms with Gasteiger partial charge in [0.05, 0.1) is 11.6 Å². The number of hydrogen-bond donors (Lipinski definition) is 0. The topological polar surface area (TPSA) is 30.7 Å². The van der Waals surface area contributed by atoms with Crippen molar-refractivity contribution in [3.63, 3.8) is 0 Å². The number of aromatic nitrogens is 3. The summed E-state index contributed by atoms with van der Waals surface area (Å²) in [6, 6.07) is 0. The van der Waals surface area contributed by atoms with Crippen LogP contribution in [0.4, 0.5) is 0 Å². The third kappa shape index (κ3) is 3.20. The molecule has 0 saturated carbocycles. The molecule has 1 aromatic rings. The highest BCUT2D eigenvalue weighted by Gasteiger charge is 2.14. The lowest BCUT2D eigenvalue weighted by Gasteiger charge is -2.09. The van der Waals surface area contributed by atoms with Crippen LogP contribution in [0.1, 0.15) is 57.3 Å². The highest BCUT2D eigenvalue weighted by molar-refractivity contribution is 6.16. The van der Waals surface area contributed by atoms with Crippen molar-refractivity contribution in [2.45, 2.75) is 58.4 Å². The van der Waals surface area contributed by atoms with Crippen molar-refractivity contribution in [3.8, 4) is 0 Å². The summed E-state index contributed by atoms with van der Waals surface area (Å²) in [7, 11) is 0. The molecule has 0 radical (unpaired) electrons. The minimum Gasteiger partial charge on any atom is -0.249 e. The van der Waals surface area contributed by atoms with Crippen LogP contribution in [0.25, 0.3) is 0 Å². The molecule has 4 heteroatoms. The molecule has 1 aromatic heterocycles. The fourth-order valence-corrected chi connectivity index (χ4v) is 1.95. The maximum absolute atomic E-state index is 5.83. The Bertz CT molecular complexity index is 294. The van der Waals surface area contributed by atoms with Gasteiger partial charge in [-0.15, -0.1) is 16.7 Å². The molecule has 0 aliphatic carbocycles. The Hall–Kier alpha value is -0.570. The molecular formula is C11H20ClN3. The highest BCUT2D eigenvalue weighted by atomic mass is 35.5. The first-order chi connectivity index (χ1) is 7.20. The number of aryl methyl sites for hydroxylation is 1. The van der Waals surface area contributed by atoms with Crippen molar-refractivity contribution in [3.05, 3.63) is 11.4 Å². The van der Waals surface area contributed by atoms with Crippen LogP contribution in [0.3, 0.4) is 0 Å². The molecule has 0 N–H and O–H groups in total. The van der Waals surface area contributed by atoms with Crippen LogP contribution in [-0.2, 0) is 12.4 Å². The Balaban J connectivity index is 2.73. The average molecular weight is 230 g/mol. The molecule has 0 aromatic carbocycles. The van der Waals surface area contributed by atoms with Crippen LogP contribution >= 0.6 is 11.6 Å². The van der Waals surface area contributed by atoms with Gasteiger partial charge in [-0.1, -0.05) is 38.8 Å². The van der Waals surface area contributed by atoms with Gasteiger partial charge in [0, 0.05) is 6.54 Å². The van der Waals surface area contributed by atoms with Crippen molar-refractivity contribution < 1.29 is 0 Å². The molecular weight excluding hydrogens is 210 g/mol. The molecule has 0 aliphatic rings. The summed E-state index contributed by atoms with van der Waals surface area (Å²) in [6.45, 7) is 7.48. The summed E-state index contributed by atoms with van der Waals surface area (Å²) in [4.78, 5) is 0. The molecule has 0 unspecified atom stereocenters. The summed E-state index contributed by atoms with van der Waals surface area (Å²) in [5, 5.41) is 8.28. The highest BCUT2D eigenvalue weighted by Crippen LogP contribution is 2.19. The van der Waals surface area contributed by atoms with Gasteiger partial charge < -0.3 is 0 Å². The number of alkyl halides is 1. The van der Waals surface area contributed by atoms with Gasteiger partial charge in [-0.05, 0) is 12.3 Å². The van der Waals surface area contributed by atoms with Crippen LogP contribution < -0.4 is 0 Å². The minimum atomic E-state index is 0.440. The van der Waals surface area contributed by atoms with Gasteiger partial charge in [0.15, 0.2) is 0 Å². The first-order valence-corrected chi connectivity index (χ1v) is 6.22. The number of nitrogens with zero attached hydrogens (tertiary/aromatic N) is 3. The second kappa shape index (κ2) is 6.11. The Morgan fingerprint density at radius 3 is 2.60 bits per heavy atom. The molecule has 1 rings (SSSR count). The molecule has 0 bridgehead atoms. The molecule has 15 heavy (non-hydrogen) atoms. The van der Waals surface area contributed by atoms with Gasteiger partial charge in [-0.3, -0.25) is 0 Å². The van der Waals surface area contributed by atoms with Crippen molar-refractivity contribution in [2.75, 3.05) is 0 Å². The Kier molecular flexibility index (Phi) is 5.09. The van der Waals surface area contributed by atoms with Gasteiger partial charge in [-0.25, -0.2) is 4.68 Å². The van der Waals surface area contributed by atoms with Crippen LogP contribution in [0.15, 0.2) is 0 Å². The fraction of sp³-hybridized carbons (Fsp3) is 0.818. The van der Waals surface area contributed by atoms with Gasteiger partial charge in [0.1, 0.15) is 5.69 Å². The molecule has 0 saturated heterocycles. The third-order valence-electron chi connectivity index (χ3n) is 2.49.